The van der Waals surface area contributed by atoms with Crippen LogP contribution < -0.4 is 5.32 Å². The van der Waals surface area contributed by atoms with Gasteiger partial charge >= 0.3 is 6.09 Å². The summed E-state index contributed by atoms with van der Waals surface area (Å²) in [5, 5.41) is 15.4. The quantitative estimate of drug-likeness (QED) is 0.176. The van der Waals surface area contributed by atoms with Crippen LogP contribution in [0, 0.1) is 5.82 Å². The number of aromatic hydroxyl groups is 1. The first-order valence-electron chi connectivity index (χ1n) is 16.7. The summed E-state index contributed by atoms with van der Waals surface area (Å²) in [6, 6.07) is 12.5. The van der Waals surface area contributed by atoms with Crippen LogP contribution in [0.3, 0.4) is 0 Å². The van der Waals surface area contributed by atoms with Gasteiger partial charge in [0.05, 0.1) is 17.1 Å². The standard InChI is InChI=1S/C37H48ClFN6O3/c1-37(2,3)48-36(47)45-25-12-13-26(45)22-44(21-25)35(42-17-15-24(43(6)7)14-16-40-4)30-20-31(38)32(33(39)34(30)41-5)29-19-27(46)18-23-10-8-9-11-28(23)29/h8-11,18-20,24-26,40,46H,5,12-17,21-22H2,1-4,6-7H3. The molecule has 9 nitrogen and oxygen atoms in total. The van der Waals surface area contributed by atoms with E-state index in [1.165, 1.54) is 6.07 Å². The molecular formula is C37H48ClFN6O3. The van der Waals surface area contributed by atoms with Crippen LogP contribution in [-0.2, 0) is 4.74 Å². The molecule has 48 heavy (non-hydrogen) atoms. The van der Waals surface area contributed by atoms with Crippen LogP contribution in [-0.4, -0.2) is 110 Å². The number of nitrogens with one attached hydrogen (secondary N) is 1. The molecule has 258 valence electrons. The molecule has 5 rings (SSSR count). The minimum atomic E-state index is -0.633. The zero-order valence-corrected chi connectivity index (χ0v) is 29.6. The van der Waals surface area contributed by atoms with Gasteiger partial charge in [0.2, 0.25) is 0 Å². The largest absolute Gasteiger partial charge is 0.508 e. The second-order valence-corrected chi connectivity index (χ2v) is 14.4. The predicted molar refractivity (Wildman–Crippen MR) is 194 cm³/mol. The molecule has 3 aromatic carbocycles. The number of aliphatic imine (C=N–C) groups is 2. The number of ether oxygens (including phenoxy) is 1. The van der Waals surface area contributed by atoms with E-state index in [9.17, 15) is 9.90 Å². The number of benzene rings is 3. The molecule has 0 radical (unpaired) electrons. The number of nitrogens with zero attached hydrogens (tertiary/aromatic N) is 5. The third-order valence-electron chi connectivity index (χ3n) is 9.28. The monoisotopic (exact) mass is 678 g/mol. The number of hydrogen-bond acceptors (Lipinski definition) is 7. The van der Waals surface area contributed by atoms with Gasteiger partial charge in [0.25, 0.3) is 0 Å². The number of rotatable bonds is 10. The first-order chi connectivity index (χ1) is 22.8. The molecule has 2 heterocycles. The van der Waals surface area contributed by atoms with Gasteiger partial charge in [0, 0.05) is 36.8 Å². The maximum atomic E-state index is 16.8. The zero-order valence-electron chi connectivity index (χ0n) is 28.9. The Balaban J connectivity index is 1.57. The Hall–Kier alpha value is -3.73. The summed E-state index contributed by atoms with van der Waals surface area (Å²) in [6.07, 6.45) is 3.12. The molecule has 2 fully saturated rings. The number of amidine groups is 1. The number of phenols is 1. The van der Waals surface area contributed by atoms with Crippen molar-refractivity contribution in [2.75, 3.05) is 47.3 Å². The normalized spacial score (nSPS) is 18.9. The van der Waals surface area contributed by atoms with Gasteiger partial charge in [0.15, 0.2) is 5.82 Å². The lowest BCUT2D eigenvalue weighted by Crippen LogP contribution is -2.58. The molecule has 0 aliphatic carbocycles. The van der Waals surface area contributed by atoms with Crippen molar-refractivity contribution in [2.24, 2.45) is 9.98 Å². The van der Waals surface area contributed by atoms with Crippen molar-refractivity contribution in [3.05, 3.63) is 58.9 Å². The number of piperazine rings is 1. The van der Waals surface area contributed by atoms with Crippen molar-refractivity contribution in [2.45, 2.75) is 70.2 Å². The molecule has 2 bridgehead atoms. The Morgan fingerprint density at radius 3 is 2.48 bits per heavy atom. The van der Waals surface area contributed by atoms with E-state index < -0.39 is 11.4 Å². The molecule has 1 amide bonds. The van der Waals surface area contributed by atoms with E-state index in [1.54, 1.807) is 12.1 Å². The van der Waals surface area contributed by atoms with Gasteiger partial charge in [-0.15, -0.1) is 0 Å². The van der Waals surface area contributed by atoms with Crippen LogP contribution in [0.5, 0.6) is 5.75 Å². The predicted octanol–water partition coefficient (Wildman–Crippen LogP) is 7.10. The maximum Gasteiger partial charge on any atom is 0.410 e. The maximum absolute atomic E-state index is 16.8. The fourth-order valence-electron chi connectivity index (χ4n) is 7.02. The molecular weight excluding hydrogens is 631 g/mol. The second kappa shape index (κ2) is 14.8. The van der Waals surface area contributed by atoms with Crippen LogP contribution in [0.15, 0.2) is 52.4 Å². The van der Waals surface area contributed by atoms with E-state index >= 15 is 4.39 Å². The van der Waals surface area contributed by atoms with E-state index in [0.29, 0.717) is 42.6 Å². The summed E-state index contributed by atoms with van der Waals surface area (Å²) in [7, 11) is 6.08. The lowest BCUT2D eigenvalue weighted by molar-refractivity contribution is 0.00283. The SMILES string of the molecule is C=Nc1c(C(=NCCC(CCNC)N(C)C)N2CC3CCC(C2)N3C(=O)OC(C)(C)C)cc(Cl)c(-c2cc(O)cc3ccccc23)c1F. The van der Waals surface area contributed by atoms with Crippen molar-refractivity contribution in [3.8, 4) is 16.9 Å². The smallest absolute Gasteiger partial charge is 0.410 e. The minimum Gasteiger partial charge on any atom is -0.508 e. The van der Waals surface area contributed by atoms with Gasteiger partial charge in [-0.3, -0.25) is 14.9 Å². The van der Waals surface area contributed by atoms with Gasteiger partial charge in [0.1, 0.15) is 22.9 Å². The summed E-state index contributed by atoms with van der Waals surface area (Å²) in [6.45, 7) is 11.8. The van der Waals surface area contributed by atoms with E-state index in [-0.39, 0.29) is 40.2 Å². The second-order valence-electron chi connectivity index (χ2n) is 14.0. The summed E-state index contributed by atoms with van der Waals surface area (Å²) < 4.78 is 22.6. The van der Waals surface area contributed by atoms with Crippen molar-refractivity contribution in [1.82, 2.24) is 20.0 Å². The number of phenolic OH excluding ortho intramolecular Hbond substituents is 1. The van der Waals surface area contributed by atoms with E-state index in [1.807, 2.05) is 57.0 Å². The number of halogens is 2. The highest BCUT2D eigenvalue weighted by atomic mass is 35.5. The molecule has 2 N–H and O–H groups in total. The summed E-state index contributed by atoms with van der Waals surface area (Å²) in [5.74, 6) is -0.0467. The number of fused-ring (bicyclic) bond motifs is 3. The molecule has 2 aliphatic rings. The topological polar surface area (TPSA) is 93.0 Å². The van der Waals surface area contributed by atoms with Crippen LogP contribution in [0.1, 0.15) is 52.0 Å². The van der Waals surface area contributed by atoms with Gasteiger partial charge in [-0.1, -0.05) is 35.9 Å². The van der Waals surface area contributed by atoms with Gasteiger partial charge < -0.3 is 25.0 Å². The average Bonchev–Trinajstić information content (AvgIpc) is 3.29. The number of likely N-dealkylation sites (tertiary alicyclic amines) is 1. The third kappa shape index (κ3) is 7.61. The molecule has 3 unspecified atom stereocenters. The van der Waals surface area contributed by atoms with Crippen LogP contribution in [0.25, 0.3) is 21.9 Å². The minimum absolute atomic E-state index is 0.00524. The molecule has 0 aromatic heterocycles. The van der Waals surface area contributed by atoms with E-state index in [4.69, 9.17) is 21.3 Å². The lowest BCUT2D eigenvalue weighted by atomic mass is 9.95. The first-order valence-corrected chi connectivity index (χ1v) is 17.0. The van der Waals surface area contributed by atoms with Crippen molar-refractivity contribution in [1.29, 1.82) is 0 Å². The molecule has 0 saturated carbocycles. The molecule has 11 heteroatoms. The number of carbonyl (C=O) groups is 1. The summed E-state index contributed by atoms with van der Waals surface area (Å²) in [5.41, 5.74) is 0.497. The van der Waals surface area contributed by atoms with Crippen LogP contribution >= 0.6 is 11.6 Å². The fourth-order valence-corrected chi connectivity index (χ4v) is 7.31. The first kappa shape index (κ1) is 35.6. The molecule has 3 aromatic rings. The molecule has 0 spiro atoms. The summed E-state index contributed by atoms with van der Waals surface area (Å²) in [4.78, 5) is 28.8. The Morgan fingerprint density at radius 2 is 1.85 bits per heavy atom. The fraction of sp³-hybridized carbons (Fsp3) is 0.486. The Bertz CT molecular complexity index is 1680. The number of hydrogen-bond donors (Lipinski definition) is 2. The zero-order chi connectivity index (χ0) is 34.7. The average molecular weight is 679 g/mol. The Labute approximate surface area is 288 Å². The lowest BCUT2D eigenvalue weighted by Gasteiger charge is -2.42. The Morgan fingerprint density at radius 1 is 1.17 bits per heavy atom. The van der Waals surface area contributed by atoms with Gasteiger partial charge in [-0.25, -0.2) is 9.18 Å². The van der Waals surface area contributed by atoms with E-state index in [2.05, 4.69) is 40.9 Å². The van der Waals surface area contributed by atoms with Crippen molar-refractivity contribution >= 4 is 46.7 Å². The van der Waals surface area contributed by atoms with Crippen LogP contribution in [0.2, 0.25) is 5.02 Å². The number of carbonyl (C=O) groups excluding carboxylic acids is 1. The highest BCUT2D eigenvalue weighted by molar-refractivity contribution is 6.34. The molecule has 2 saturated heterocycles. The van der Waals surface area contributed by atoms with Crippen molar-refractivity contribution < 1.29 is 19.0 Å². The van der Waals surface area contributed by atoms with Crippen LogP contribution in [0.4, 0.5) is 14.9 Å². The molecule has 3 atom stereocenters. The van der Waals surface area contributed by atoms with Gasteiger partial charge in [-0.2, -0.15) is 0 Å². The van der Waals surface area contributed by atoms with E-state index in [0.717, 1.165) is 43.0 Å². The number of amides is 1. The summed E-state index contributed by atoms with van der Waals surface area (Å²) >= 11 is 6.97. The Kier molecular flexibility index (Phi) is 11.0. The third-order valence-corrected chi connectivity index (χ3v) is 9.57. The highest BCUT2D eigenvalue weighted by Crippen LogP contribution is 2.43. The molecule has 2 aliphatic heterocycles. The van der Waals surface area contributed by atoms with Gasteiger partial charge in [-0.05, 0) is 115 Å². The highest BCUT2D eigenvalue weighted by Gasteiger charge is 2.45. The van der Waals surface area contributed by atoms with Crippen molar-refractivity contribution in [3.63, 3.8) is 0 Å².